The second kappa shape index (κ2) is 9.12. The first-order valence-corrected chi connectivity index (χ1v) is 11.6. The number of benzene rings is 3. The van der Waals surface area contributed by atoms with Gasteiger partial charge in [0.15, 0.2) is 0 Å². The number of carbonyl (C=O) groups excluding carboxylic acids is 1. The monoisotopic (exact) mass is 438 g/mol. The molecule has 3 aromatic carbocycles. The van der Waals surface area contributed by atoms with Gasteiger partial charge in [-0.25, -0.2) is 0 Å². The number of carbonyl (C=O) groups is 1. The van der Waals surface area contributed by atoms with Crippen LogP contribution in [-0.2, 0) is 6.54 Å². The maximum absolute atomic E-state index is 12.8. The van der Waals surface area contributed by atoms with Crippen LogP contribution in [0.1, 0.15) is 27.2 Å². The number of H-pyrrole nitrogens is 1. The Bertz CT molecular complexity index is 1250. The van der Waals surface area contributed by atoms with Gasteiger partial charge >= 0.3 is 0 Å². The minimum atomic E-state index is -0.0857. The van der Waals surface area contributed by atoms with Gasteiger partial charge in [0.05, 0.1) is 0 Å². The predicted octanol–water partition coefficient (Wildman–Crippen LogP) is 5.36. The summed E-state index contributed by atoms with van der Waals surface area (Å²) in [5, 5.41) is 4.14. The Morgan fingerprint density at radius 2 is 1.64 bits per heavy atom. The number of amides is 1. The van der Waals surface area contributed by atoms with Gasteiger partial charge < -0.3 is 15.2 Å². The van der Waals surface area contributed by atoms with Crippen LogP contribution in [0.3, 0.4) is 0 Å². The molecule has 0 radical (unpaired) electrons. The van der Waals surface area contributed by atoms with Crippen LogP contribution in [0.2, 0.25) is 0 Å². The Balaban J connectivity index is 1.19. The van der Waals surface area contributed by atoms with Gasteiger partial charge in [-0.2, -0.15) is 0 Å². The largest absolute Gasteiger partial charge is 0.369 e. The van der Waals surface area contributed by atoms with Gasteiger partial charge in [0.2, 0.25) is 0 Å². The Labute approximate surface area is 195 Å². The number of aromatic amines is 1. The molecule has 0 unspecified atom stereocenters. The summed E-state index contributed by atoms with van der Waals surface area (Å²) < 4.78 is 0. The number of nitrogens with zero attached hydrogens (tertiary/aromatic N) is 2. The lowest BCUT2D eigenvalue weighted by molar-refractivity contribution is 0.102. The van der Waals surface area contributed by atoms with Crippen molar-refractivity contribution in [1.29, 1.82) is 0 Å². The quantitative estimate of drug-likeness (QED) is 0.441. The third-order valence-corrected chi connectivity index (χ3v) is 6.68. The van der Waals surface area contributed by atoms with Gasteiger partial charge in [-0.3, -0.25) is 9.69 Å². The summed E-state index contributed by atoms with van der Waals surface area (Å²) in [5.41, 5.74) is 7.44. The number of fused-ring (bicyclic) bond motifs is 1. The Morgan fingerprint density at radius 3 is 2.36 bits per heavy atom. The molecule has 5 heteroatoms. The molecule has 1 aromatic heterocycles. The third kappa shape index (κ3) is 4.64. The Morgan fingerprint density at radius 1 is 0.909 bits per heavy atom. The number of hydrogen-bond donors (Lipinski definition) is 2. The van der Waals surface area contributed by atoms with E-state index in [9.17, 15) is 4.79 Å². The van der Waals surface area contributed by atoms with Crippen molar-refractivity contribution < 1.29 is 4.79 Å². The molecule has 0 bridgehead atoms. The number of nitrogens with one attached hydrogen (secondary N) is 2. The van der Waals surface area contributed by atoms with Crippen LogP contribution >= 0.6 is 0 Å². The van der Waals surface area contributed by atoms with Gasteiger partial charge in [-0.1, -0.05) is 30.3 Å². The van der Waals surface area contributed by atoms with E-state index in [1.807, 2.05) is 30.3 Å². The predicted molar refractivity (Wildman–Crippen MR) is 136 cm³/mol. The molecule has 0 atom stereocenters. The van der Waals surface area contributed by atoms with Crippen molar-refractivity contribution in [1.82, 2.24) is 9.88 Å². The summed E-state index contributed by atoms with van der Waals surface area (Å²) in [6, 6.07) is 24.7. The molecule has 4 aromatic rings. The fourth-order valence-corrected chi connectivity index (χ4v) is 4.57. The van der Waals surface area contributed by atoms with Crippen LogP contribution in [0, 0.1) is 13.8 Å². The van der Waals surface area contributed by atoms with Crippen molar-refractivity contribution in [3.05, 3.63) is 95.2 Å². The standard InChI is InChI=1S/C28H30N4O/c1-20-21(2)29-27-13-8-23(18-26(20)27)28(33)30-24-9-11-25(12-10-24)32-16-14-31(15-17-32)19-22-6-4-3-5-7-22/h3-13,18,29H,14-17,19H2,1-2H3,(H,30,33). The highest BCUT2D eigenvalue weighted by Gasteiger charge is 2.17. The van der Waals surface area contributed by atoms with Crippen molar-refractivity contribution in [2.45, 2.75) is 20.4 Å². The first-order valence-electron chi connectivity index (χ1n) is 11.6. The van der Waals surface area contributed by atoms with Crippen LogP contribution in [-0.4, -0.2) is 42.0 Å². The summed E-state index contributed by atoms with van der Waals surface area (Å²) in [6.45, 7) is 9.26. The van der Waals surface area contributed by atoms with E-state index >= 15 is 0 Å². The molecular weight excluding hydrogens is 408 g/mol. The maximum atomic E-state index is 12.8. The molecule has 168 valence electrons. The Hall–Kier alpha value is -3.57. The van der Waals surface area contributed by atoms with Crippen LogP contribution in [0.5, 0.6) is 0 Å². The molecule has 1 aliphatic rings. The van der Waals surface area contributed by atoms with Gasteiger partial charge in [-0.15, -0.1) is 0 Å². The van der Waals surface area contributed by atoms with E-state index in [2.05, 4.69) is 76.4 Å². The summed E-state index contributed by atoms with van der Waals surface area (Å²) in [4.78, 5) is 21.1. The first kappa shape index (κ1) is 21.3. The number of anilines is 2. The zero-order valence-electron chi connectivity index (χ0n) is 19.3. The average Bonchev–Trinajstić information content (AvgIpc) is 3.13. The molecular formula is C28H30N4O. The molecule has 1 fully saturated rings. The van der Waals surface area contributed by atoms with Crippen LogP contribution in [0.4, 0.5) is 11.4 Å². The minimum absolute atomic E-state index is 0.0857. The third-order valence-electron chi connectivity index (χ3n) is 6.68. The molecule has 2 N–H and O–H groups in total. The number of rotatable bonds is 5. The summed E-state index contributed by atoms with van der Waals surface area (Å²) >= 11 is 0. The van der Waals surface area contributed by atoms with Gasteiger partial charge in [0, 0.05) is 66.3 Å². The lowest BCUT2D eigenvalue weighted by Gasteiger charge is -2.36. The van der Waals surface area contributed by atoms with E-state index < -0.39 is 0 Å². The number of hydrogen-bond acceptors (Lipinski definition) is 3. The van der Waals surface area contributed by atoms with Crippen LogP contribution in [0.15, 0.2) is 72.8 Å². The molecule has 1 aliphatic heterocycles. The van der Waals surface area contributed by atoms with E-state index in [1.165, 1.54) is 16.8 Å². The van der Waals surface area contributed by atoms with Crippen molar-refractivity contribution in [2.75, 3.05) is 36.4 Å². The van der Waals surface area contributed by atoms with E-state index in [-0.39, 0.29) is 5.91 Å². The first-order chi connectivity index (χ1) is 16.1. The zero-order valence-corrected chi connectivity index (χ0v) is 19.3. The lowest BCUT2D eigenvalue weighted by atomic mass is 10.1. The van der Waals surface area contributed by atoms with Crippen molar-refractivity contribution in [3.63, 3.8) is 0 Å². The highest BCUT2D eigenvalue weighted by Crippen LogP contribution is 2.24. The molecule has 0 aliphatic carbocycles. The lowest BCUT2D eigenvalue weighted by Crippen LogP contribution is -2.45. The van der Waals surface area contributed by atoms with Gasteiger partial charge in [-0.05, 0) is 67.4 Å². The van der Waals surface area contributed by atoms with E-state index in [0.29, 0.717) is 5.56 Å². The second-order valence-corrected chi connectivity index (χ2v) is 8.89. The molecule has 5 nitrogen and oxygen atoms in total. The number of piperazine rings is 1. The van der Waals surface area contributed by atoms with Crippen LogP contribution < -0.4 is 10.2 Å². The molecule has 2 heterocycles. The molecule has 0 spiro atoms. The van der Waals surface area contributed by atoms with Crippen molar-refractivity contribution in [3.8, 4) is 0 Å². The number of aryl methyl sites for hydroxylation is 2. The SMILES string of the molecule is Cc1[nH]c2ccc(C(=O)Nc3ccc(N4CCN(Cc5ccccc5)CC4)cc3)cc2c1C. The van der Waals surface area contributed by atoms with Gasteiger partial charge in [0.25, 0.3) is 5.91 Å². The molecule has 5 rings (SSSR count). The highest BCUT2D eigenvalue weighted by molar-refractivity contribution is 6.06. The summed E-state index contributed by atoms with van der Waals surface area (Å²) in [5.74, 6) is -0.0857. The number of aromatic nitrogens is 1. The molecule has 1 saturated heterocycles. The van der Waals surface area contributed by atoms with Crippen LogP contribution in [0.25, 0.3) is 10.9 Å². The minimum Gasteiger partial charge on any atom is -0.369 e. The van der Waals surface area contributed by atoms with E-state index in [0.717, 1.165) is 55.0 Å². The topological polar surface area (TPSA) is 51.4 Å². The highest BCUT2D eigenvalue weighted by atomic mass is 16.1. The smallest absolute Gasteiger partial charge is 0.255 e. The zero-order chi connectivity index (χ0) is 22.8. The molecule has 1 amide bonds. The molecule has 0 saturated carbocycles. The molecule has 33 heavy (non-hydrogen) atoms. The maximum Gasteiger partial charge on any atom is 0.255 e. The van der Waals surface area contributed by atoms with Gasteiger partial charge in [0.1, 0.15) is 0 Å². The summed E-state index contributed by atoms with van der Waals surface area (Å²) in [6.07, 6.45) is 0. The van der Waals surface area contributed by atoms with Crippen molar-refractivity contribution >= 4 is 28.2 Å². The normalized spacial score (nSPS) is 14.5. The second-order valence-electron chi connectivity index (χ2n) is 8.89. The van der Waals surface area contributed by atoms with E-state index in [4.69, 9.17) is 0 Å². The summed E-state index contributed by atoms with van der Waals surface area (Å²) in [7, 11) is 0. The van der Waals surface area contributed by atoms with E-state index in [1.54, 1.807) is 0 Å². The Kier molecular flexibility index (Phi) is 5.88. The van der Waals surface area contributed by atoms with Crippen molar-refractivity contribution in [2.24, 2.45) is 0 Å². The fraction of sp³-hybridized carbons (Fsp3) is 0.250. The average molecular weight is 439 g/mol. The fourth-order valence-electron chi connectivity index (χ4n) is 4.57.